The molecule has 2 N–H and O–H groups in total. The molecule has 3 aromatic carbocycles. The molecule has 5 heteroatoms. The highest BCUT2D eigenvalue weighted by molar-refractivity contribution is 7.98. The van der Waals surface area contributed by atoms with E-state index in [1.807, 2.05) is 79.1 Å². The zero-order valence-electron chi connectivity index (χ0n) is 13.7. The number of benzene rings is 3. The lowest BCUT2D eigenvalue weighted by atomic mass is 10.3. The van der Waals surface area contributed by atoms with Gasteiger partial charge in [-0.15, -0.1) is 11.8 Å². The molecule has 0 aliphatic heterocycles. The molecule has 0 radical (unpaired) electrons. The van der Waals surface area contributed by atoms with Gasteiger partial charge in [-0.3, -0.25) is 0 Å². The van der Waals surface area contributed by atoms with E-state index >= 15 is 0 Å². The van der Waals surface area contributed by atoms with Crippen LogP contribution in [0.5, 0.6) is 11.5 Å². The van der Waals surface area contributed by atoms with E-state index in [4.69, 9.17) is 17.0 Å². The number of hydrogen-bond acceptors (Lipinski definition) is 3. The van der Waals surface area contributed by atoms with Crippen molar-refractivity contribution < 1.29 is 4.74 Å². The zero-order valence-corrected chi connectivity index (χ0v) is 15.4. The number of rotatable bonds is 5. The van der Waals surface area contributed by atoms with Crippen molar-refractivity contribution in [3.63, 3.8) is 0 Å². The molecule has 0 unspecified atom stereocenters. The van der Waals surface area contributed by atoms with Gasteiger partial charge in [-0.1, -0.05) is 30.3 Å². The molecule has 0 aromatic heterocycles. The quantitative estimate of drug-likeness (QED) is 0.427. The summed E-state index contributed by atoms with van der Waals surface area (Å²) in [7, 11) is 0. The van der Waals surface area contributed by atoms with Crippen molar-refractivity contribution in [2.24, 2.45) is 0 Å². The van der Waals surface area contributed by atoms with E-state index in [0.29, 0.717) is 5.11 Å². The van der Waals surface area contributed by atoms with E-state index < -0.39 is 0 Å². The summed E-state index contributed by atoms with van der Waals surface area (Å²) in [5.74, 6) is 1.59. The molecule has 0 saturated carbocycles. The van der Waals surface area contributed by atoms with Gasteiger partial charge in [-0.25, -0.2) is 0 Å². The Balaban J connectivity index is 1.60. The molecule has 126 valence electrons. The predicted octanol–water partition coefficient (Wildman–Crippen LogP) is 6.01. The van der Waals surface area contributed by atoms with Crippen molar-refractivity contribution in [1.29, 1.82) is 0 Å². The van der Waals surface area contributed by atoms with Gasteiger partial charge < -0.3 is 15.4 Å². The van der Waals surface area contributed by atoms with Gasteiger partial charge in [0, 0.05) is 10.6 Å². The number of hydrogen-bond donors (Lipinski definition) is 2. The average Bonchev–Trinajstić information content (AvgIpc) is 2.64. The van der Waals surface area contributed by atoms with Crippen LogP contribution >= 0.6 is 24.0 Å². The van der Waals surface area contributed by atoms with Gasteiger partial charge in [0.2, 0.25) is 0 Å². The summed E-state index contributed by atoms with van der Waals surface area (Å²) in [6.07, 6.45) is 2.04. The maximum atomic E-state index is 5.79. The molecule has 0 atom stereocenters. The van der Waals surface area contributed by atoms with Crippen molar-refractivity contribution >= 4 is 40.5 Å². The van der Waals surface area contributed by atoms with Crippen LogP contribution in [-0.2, 0) is 0 Å². The molecular weight excluding hydrogens is 348 g/mol. The molecule has 0 aliphatic rings. The third-order valence-corrected chi connectivity index (χ3v) is 4.45. The second kappa shape index (κ2) is 8.55. The maximum absolute atomic E-state index is 5.79. The first-order valence-electron chi connectivity index (χ1n) is 7.78. The molecule has 0 bridgehead atoms. The van der Waals surface area contributed by atoms with Crippen molar-refractivity contribution in [2.75, 3.05) is 16.9 Å². The Morgan fingerprint density at radius 1 is 0.800 bits per heavy atom. The first-order chi connectivity index (χ1) is 12.2. The summed E-state index contributed by atoms with van der Waals surface area (Å²) in [6.45, 7) is 0. The monoisotopic (exact) mass is 366 g/mol. The van der Waals surface area contributed by atoms with Crippen LogP contribution < -0.4 is 15.4 Å². The number of anilines is 2. The molecule has 0 heterocycles. The lowest BCUT2D eigenvalue weighted by Gasteiger charge is -2.13. The Morgan fingerprint density at radius 3 is 2.16 bits per heavy atom. The minimum absolute atomic E-state index is 0.554. The van der Waals surface area contributed by atoms with Gasteiger partial charge >= 0.3 is 0 Å². The summed E-state index contributed by atoms with van der Waals surface area (Å²) in [4.78, 5) is 1.15. The van der Waals surface area contributed by atoms with E-state index in [-0.39, 0.29) is 0 Å². The lowest BCUT2D eigenvalue weighted by Crippen LogP contribution is -2.19. The van der Waals surface area contributed by atoms with Crippen LogP contribution in [0.1, 0.15) is 0 Å². The van der Waals surface area contributed by atoms with Crippen LogP contribution in [0.2, 0.25) is 0 Å². The van der Waals surface area contributed by atoms with Crippen molar-refractivity contribution in [3.8, 4) is 11.5 Å². The Hall–Kier alpha value is -2.50. The van der Waals surface area contributed by atoms with Crippen LogP contribution in [0.4, 0.5) is 11.4 Å². The third-order valence-electron chi connectivity index (χ3n) is 3.45. The van der Waals surface area contributed by atoms with Gasteiger partial charge in [0.15, 0.2) is 5.11 Å². The second-order valence-electron chi connectivity index (χ2n) is 5.22. The molecular formula is C20H18N2OS2. The van der Waals surface area contributed by atoms with E-state index in [1.54, 1.807) is 11.8 Å². The molecule has 3 nitrogen and oxygen atoms in total. The van der Waals surface area contributed by atoms with Gasteiger partial charge in [0.25, 0.3) is 0 Å². The van der Waals surface area contributed by atoms with Crippen LogP contribution in [0, 0.1) is 0 Å². The van der Waals surface area contributed by atoms with E-state index in [2.05, 4.69) is 16.7 Å². The molecule has 3 rings (SSSR count). The van der Waals surface area contributed by atoms with Gasteiger partial charge in [-0.2, -0.15) is 0 Å². The molecule has 25 heavy (non-hydrogen) atoms. The van der Waals surface area contributed by atoms with E-state index in [1.165, 1.54) is 0 Å². The standard InChI is InChI=1S/C20H18N2OS2/c1-25-19-10-6-5-9-18(19)22-20(24)21-15-11-13-17(14-12-15)23-16-7-3-2-4-8-16/h2-14H,1H3,(H2,21,22,24). The number of para-hydroxylation sites is 2. The van der Waals surface area contributed by atoms with Crippen LogP contribution in [-0.4, -0.2) is 11.4 Å². The normalized spacial score (nSPS) is 10.1. The Kier molecular flexibility index (Phi) is 5.93. The van der Waals surface area contributed by atoms with Crippen molar-refractivity contribution in [2.45, 2.75) is 4.90 Å². The van der Waals surface area contributed by atoms with Crippen molar-refractivity contribution in [3.05, 3.63) is 78.9 Å². The number of thiocarbonyl (C=S) groups is 1. The first-order valence-corrected chi connectivity index (χ1v) is 9.42. The Bertz CT molecular complexity index is 836. The fourth-order valence-electron chi connectivity index (χ4n) is 2.26. The lowest BCUT2D eigenvalue weighted by molar-refractivity contribution is 0.483. The topological polar surface area (TPSA) is 33.3 Å². The first kappa shape index (κ1) is 17.3. The van der Waals surface area contributed by atoms with Crippen molar-refractivity contribution in [1.82, 2.24) is 0 Å². The highest BCUT2D eigenvalue weighted by atomic mass is 32.2. The molecule has 3 aromatic rings. The van der Waals surface area contributed by atoms with E-state index in [9.17, 15) is 0 Å². The zero-order chi connectivity index (χ0) is 17.5. The van der Waals surface area contributed by atoms with Crippen LogP contribution in [0.25, 0.3) is 0 Å². The fraction of sp³-hybridized carbons (Fsp3) is 0.0500. The number of thioether (sulfide) groups is 1. The van der Waals surface area contributed by atoms with Gasteiger partial charge in [0.05, 0.1) is 5.69 Å². The molecule has 0 aliphatic carbocycles. The van der Waals surface area contributed by atoms with Gasteiger partial charge in [0.1, 0.15) is 11.5 Å². The number of nitrogens with one attached hydrogen (secondary N) is 2. The molecule has 0 fully saturated rings. The summed E-state index contributed by atoms with van der Waals surface area (Å²) in [5.41, 5.74) is 1.90. The smallest absolute Gasteiger partial charge is 0.175 e. The Morgan fingerprint density at radius 2 is 1.44 bits per heavy atom. The maximum Gasteiger partial charge on any atom is 0.175 e. The van der Waals surface area contributed by atoms with Gasteiger partial charge in [-0.05, 0) is 67.0 Å². The third kappa shape index (κ3) is 4.98. The molecule has 0 saturated heterocycles. The minimum Gasteiger partial charge on any atom is -0.457 e. The minimum atomic E-state index is 0.554. The second-order valence-corrected chi connectivity index (χ2v) is 6.48. The predicted molar refractivity (Wildman–Crippen MR) is 111 cm³/mol. The summed E-state index contributed by atoms with van der Waals surface area (Å²) in [6, 6.07) is 25.5. The SMILES string of the molecule is CSc1ccccc1NC(=S)Nc1ccc(Oc2ccccc2)cc1. The summed E-state index contributed by atoms with van der Waals surface area (Å²) >= 11 is 7.08. The fourth-order valence-corrected chi connectivity index (χ4v) is 3.04. The summed E-state index contributed by atoms with van der Waals surface area (Å²) < 4.78 is 5.79. The Labute approximate surface area is 157 Å². The average molecular weight is 367 g/mol. The molecule has 0 amide bonds. The highest BCUT2D eigenvalue weighted by Gasteiger charge is 2.04. The van der Waals surface area contributed by atoms with E-state index in [0.717, 1.165) is 27.8 Å². The molecule has 0 spiro atoms. The summed E-state index contributed by atoms with van der Waals surface area (Å²) in [5, 5.41) is 6.97. The highest BCUT2D eigenvalue weighted by Crippen LogP contribution is 2.25. The van der Waals surface area contributed by atoms with Crippen LogP contribution in [0.15, 0.2) is 83.8 Å². The number of ether oxygens (including phenoxy) is 1. The largest absolute Gasteiger partial charge is 0.457 e. The van der Waals surface area contributed by atoms with Crippen LogP contribution in [0.3, 0.4) is 0 Å².